The van der Waals surface area contributed by atoms with Crippen molar-refractivity contribution in [1.29, 1.82) is 0 Å². The summed E-state index contributed by atoms with van der Waals surface area (Å²) in [5, 5.41) is 14.6. The lowest BCUT2D eigenvalue weighted by molar-refractivity contribution is -0.139. The van der Waals surface area contributed by atoms with E-state index in [-0.39, 0.29) is 11.8 Å². The van der Waals surface area contributed by atoms with Gasteiger partial charge in [-0.15, -0.1) is 0 Å². The summed E-state index contributed by atoms with van der Waals surface area (Å²) in [6.45, 7) is 2.55. The molecular formula is C14H18N2O3. The number of carboxylic acids is 1. The van der Waals surface area contributed by atoms with Crippen LogP contribution in [0.25, 0.3) is 0 Å². The molecule has 2 atom stereocenters. The maximum absolute atomic E-state index is 11.9. The van der Waals surface area contributed by atoms with Crippen molar-refractivity contribution in [3.05, 3.63) is 29.8 Å². The Kier molecular flexibility index (Phi) is 4.16. The number of carboxylic acid groups (broad SMARTS) is 1. The molecule has 102 valence electrons. The predicted octanol–water partition coefficient (Wildman–Crippen LogP) is 1.39. The quantitative estimate of drug-likeness (QED) is 0.766. The predicted molar refractivity (Wildman–Crippen MR) is 72.0 cm³/mol. The zero-order valence-corrected chi connectivity index (χ0v) is 10.8. The minimum absolute atomic E-state index is 0.0663. The third kappa shape index (κ3) is 3.79. The van der Waals surface area contributed by atoms with Crippen molar-refractivity contribution in [2.24, 2.45) is 5.92 Å². The van der Waals surface area contributed by atoms with Gasteiger partial charge in [0.1, 0.15) is 6.04 Å². The Morgan fingerprint density at radius 2 is 2.26 bits per heavy atom. The molecule has 1 saturated heterocycles. The van der Waals surface area contributed by atoms with E-state index < -0.39 is 12.0 Å². The van der Waals surface area contributed by atoms with Gasteiger partial charge < -0.3 is 15.7 Å². The van der Waals surface area contributed by atoms with Crippen LogP contribution in [0, 0.1) is 12.8 Å². The van der Waals surface area contributed by atoms with Crippen LogP contribution in [0.15, 0.2) is 24.3 Å². The lowest BCUT2D eigenvalue weighted by atomic mass is 10.0. The van der Waals surface area contributed by atoms with Crippen LogP contribution < -0.4 is 10.6 Å². The second-order valence-electron chi connectivity index (χ2n) is 5.02. The molecule has 0 radical (unpaired) electrons. The topological polar surface area (TPSA) is 78.4 Å². The zero-order valence-electron chi connectivity index (χ0n) is 10.8. The number of amides is 1. The molecule has 3 N–H and O–H groups in total. The smallest absolute Gasteiger partial charge is 0.320 e. The van der Waals surface area contributed by atoms with Crippen LogP contribution in [0.5, 0.6) is 0 Å². The number of aryl methyl sites for hydroxylation is 1. The molecule has 2 rings (SSSR count). The molecule has 0 aromatic heterocycles. The average molecular weight is 262 g/mol. The van der Waals surface area contributed by atoms with Gasteiger partial charge in [-0.05, 0) is 43.5 Å². The van der Waals surface area contributed by atoms with E-state index in [0.29, 0.717) is 19.4 Å². The highest BCUT2D eigenvalue weighted by molar-refractivity contribution is 5.91. The summed E-state index contributed by atoms with van der Waals surface area (Å²) < 4.78 is 0. The molecule has 0 spiro atoms. The van der Waals surface area contributed by atoms with Gasteiger partial charge in [0.25, 0.3) is 0 Å². The van der Waals surface area contributed by atoms with Crippen molar-refractivity contribution in [1.82, 2.24) is 5.32 Å². The third-order valence-electron chi connectivity index (χ3n) is 3.30. The molecule has 5 heteroatoms. The van der Waals surface area contributed by atoms with Crippen LogP contribution in [0.4, 0.5) is 5.69 Å². The third-order valence-corrected chi connectivity index (χ3v) is 3.30. The second kappa shape index (κ2) is 5.84. The van der Waals surface area contributed by atoms with Crippen LogP contribution in [0.3, 0.4) is 0 Å². The summed E-state index contributed by atoms with van der Waals surface area (Å²) in [6, 6.07) is 7.09. The molecule has 5 nitrogen and oxygen atoms in total. The maximum Gasteiger partial charge on any atom is 0.320 e. The van der Waals surface area contributed by atoms with Gasteiger partial charge in [0, 0.05) is 12.1 Å². The van der Waals surface area contributed by atoms with Crippen molar-refractivity contribution in [3.63, 3.8) is 0 Å². The number of carbonyl (C=O) groups excluding carboxylic acids is 1. The van der Waals surface area contributed by atoms with E-state index in [1.807, 2.05) is 31.2 Å². The zero-order chi connectivity index (χ0) is 13.8. The first kappa shape index (κ1) is 13.5. The fourth-order valence-electron chi connectivity index (χ4n) is 2.35. The van der Waals surface area contributed by atoms with Gasteiger partial charge in [-0.2, -0.15) is 0 Å². The molecular weight excluding hydrogens is 244 g/mol. The molecule has 1 aliphatic heterocycles. The second-order valence-corrected chi connectivity index (χ2v) is 5.02. The minimum Gasteiger partial charge on any atom is -0.480 e. The number of rotatable bonds is 4. The summed E-state index contributed by atoms with van der Waals surface area (Å²) in [5.74, 6) is -0.823. The Morgan fingerprint density at radius 3 is 2.89 bits per heavy atom. The van der Waals surface area contributed by atoms with Gasteiger partial charge in [0.05, 0.1) is 0 Å². The van der Waals surface area contributed by atoms with E-state index in [9.17, 15) is 9.59 Å². The Labute approximate surface area is 112 Å². The molecule has 1 aliphatic rings. The van der Waals surface area contributed by atoms with E-state index in [2.05, 4.69) is 10.6 Å². The monoisotopic (exact) mass is 262 g/mol. The largest absolute Gasteiger partial charge is 0.480 e. The van der Waals surface area contributed by atoms with Crippen molar-refractivity contribution in [2.45, 2.75) is 25.8 Å². The van der Waals surface area contributed by atoms with Crippen molar-refractivity contribution >= 4 is 17.6 Å². The molecule has 1 heterocycles. The molecule has 0 bridgehead atoms. The number of benzene rings is 1. The highest BCUT2D eigenvalue weighted by Crippen LogP contribution is 2.19. The first-order chi connectivity index (χ1) is 9.04. The lowest BCUT2D eigenvalue weighted by Crippen LogP contribution is -2.29. The first-order valence-electron chi connectivity index (χ1n) is 6.37. The van der Waals surface area contributed by atoms with Gasteiger partial charge in [-0.3, -0.25) is 9.59 Å². The number of hydrogen-bond acceptors (Lipinski definition) is 3. The van der Waals surface area contributed by atoms with Crippen LogP contribution in [0.1, 0.15) is 18.4 Å². The van der Waals surface area contributed by atoms with Crippen molar-refractivity contribution in [3.8, 4) is 0 Å². The Bertz CT molecular complexity index is 487. The molecule has 1 amide bonds. The van der Waals surface area contributed by atoms with Crippen molar-refractivity contribution in [2.75, 3.05) is 11.9 Å². The highest BCUT2D eigenvalue weighted by Gasteiger charge is 2.30. The summed E-state index contributed by atoms with van der Waals surface area (Å²) >= 11 is 0. The maximum atomic E-state index is 11.9. The van der Waals surface area contributed by atoms with E-state index in [1.54, 1.807) is 0 Å². The average Bonchev–Trinajstić information content (AvgIpc) is 2.77. The molecule has 2 unspecified atom stereocenters. The lowest BCUT2D eigenvalue weighted by Gasteiger charge is -2.09. The standard InChI is InChI=1S/C14H18N2O3/c1-9-3-2-4-11(5-9)16-13(17)7-10-6-12(14(18)19)15-8-10/h2-5,10,12,15H,6-8H2,1H3,(H,16,17)(H,18,19). The van der Waals surface area contributed by atoms with Crippen LogP contribution >= 0.6 is 0 Å². The molecule has 19 heavy (non-hydrogen) atoms. The van der Waals surface area contributed by atoms with E-state index in [0.717, 1.165) is 11.3 Å². The summed E-state index contributed by atoms with van der Waals surface area (Å²) in [4.78, 5) is 22.7. The van der Waals surface area contributed by atoms with Gasteiger partial charge in [0.15, 0.2) is 0 Å². The molecule has 1 aromatic rings. The van der Waals surface area contributed by atoms with Gasteiger partial charge >= 0.3 is 5.97 Å². The molecule has 1 aromatic carbocycles. The highest BCUT2D eigenvalue weighted by atomic mass is 16.4. The van der Waals surface area contributed by atoms with Crippen molar-refractivity contribution < 1.29 is 14.7 Å². The summed E-state index contributed by atoms with van der Waals surface area (Å²) in [7, 11) is 0. The number of carbonyl (C=O) groups is 2. The minimum atomic E-state index is -0.846. The number of anilines is 1. The van der Waals surface area contributed by atoms with E-state index in [4.69, 9.17) is 5.11 Å². The summed E-state index contributed by atoms with van der Waals surface area (Å²) in [5.41, 5.74) is 1.87. The van der Waals surface area contributed by atoms with Crippen LogP contribution in [-0.4, -0.2) is 29.6 Å². The normalized spacial score (nSPS) is 22.2. The Morgan fingerprint density at radius 1 is 1.47 bits per heavy atom. The van der Waals surface area contributed by atoms with Gasteiger partial charge in [-0.1, -0.05) is 12.1 Å². The van der Waals surface area contributed by atoms with Crippen LogP contribution in [0.2, 0.25) is 0 Å². The number of aliphatic carboxylic acids is 1. The fraction of sp³-hybridized carbons (Fsp3) is 0.429. The van der Waals surface area contributed by atoms with Gasteiger partial charge in [0.2, 0.25) is 5.91 Å². The molecule has 0 aliphatic carbocycles. The molecule has 1 fully saturated rings. The number of hydrogen-bond donors (Lipinski definition) is 3. The molecule has 0 saturated carbocycles. The summed E-state index contributed by atoms with van der Waals surface area (Å²) in [6.07, 6.45) is 0.862. The number of nitrogens with one attached hydrogen (secondary N) is 2. The van der Waals surface area contributed by atoms with Gasteiger partial charge in [-0.25, -0.2) is 0 Å². The Balaban J connectivity index is 1.84. The van der Waals surface area contributed by atoms with E-state index in [1.165, 1.54) is 0 Å². The van der Waals surface area contributed by atoms with E-state index >= 15 is 0 Å². The Hall–Kier alpha value is -1.88. The first-order valence-corrected chi connectivity index (χ1v) is 6.37. The SMILES string of the molecule is Cc1cccc(NC(=O)CC2CNC(C(=O)O)C2)c1. The fourth-order valence-corrected chi connectivity index (χ4v) is 2.35. The van der Waals surface area contributed by atoms with Crippen LogP contribution in [-0.2, 0) is 9.59 Å².